The molecule has 0 unspecified atom stereocenters. The van der Waals surface area contributed by atoms with Crippen molar-refractivity contribution in [3.8, 4) is 6.07 Å². The standard InChI is InChI=1S/C20H18F3N3O3S/c21-20(22,23)17-6-3-4-15(12-17)13-19(27)25-8-10-26(11-9-25)30(28,29)18-7-2-1-5-16(18)14-24/h1-7,12H,8-11,13H2. The van der Waals surface area contributed by atoms with E-state index in [4.69, 9.17) is 5.26 Å². The number of alkyl halides is 3. The fraction of sp³-hybridized carbons (Fsp3) is 0.300. The average Bonchev–Trinajstić information content (AvgIpc) is 2.73. The topological polar surface area (TPSA) is 81.5 Å². The zero-order valence-electron chi connectivity index (χ0n) is 15.8. The first-order valence-corrected chi connectivity index (χ1v) is 10.5. The van der Waals surface area contributed by atoms with Gasteiger partial charge < -0.3 is 4.90 Å². The van der Waals surface area contributed by atoms with Crippen molar-refractivity contribution in [2.45, 2.75) is 17.5 Å². The third-order valence-corrected chi connectivity index (χ3v) is 6.78. The predicted molar refractivity (Wildman–Crippen MR) is 102 cm³/mol. The Morgan fingerprint density at radius 2 is 1.70 bits per heavy atom. The molecular formula is C20H18F3N3O3S. The maximum atomic E-state index is 12.8. The lowest BCUT2D eigenvalue weighted by molar-refractivity contribution is -0.138. The molecule has 2 aromatic carbocycles. The van der Waals surface area contributed by atoms with Crippen molar-refractivity contribution in [2.75, 3.05) is 26.2 Å². The van der Waals surface area contributed by atoms with Crippen molar-refractivity contribution in [1.29, 1.82) is 5.26 Å². The maximum absolute atomic E-state index is 12.8. The molecular weight excluding hydrogens is 419 g/mol. The Balaban J connectivity index is 1.66. The van der Waals surface area contributed by atoms with E-state index in [1.807, 2.05) is 6.07 Å². The van der Waals surface area contributed by atoms with Crippen LogP contribution in [-0.4, -0.2) is 49.7 Å². The number of amides is 1. The number of benzene rings is 2. The van der Waals surface area contributed by atoms with Crippen LogP contribution in [0.5, 0.6) is 0 Å². The van der Waals surface area contributed by atoms with Gasteiger partial charge in [0, 0.05) is 26.2 Å². The monoisotopic (exact) mass is 437 g/mol. The SMILES string of the molecule is N#Cc1ccccc1S(=O)(=O)N1CCN(C(=O)Cc2cccc(C(F)(F)F)c2)CC1. The molecule has 0 aliphatic carbocycles. The Labute approximate surface area is 172 Å². The van der Waals surface area contributed by atoms with Crippen LogP contribution < -0.4 is 0 Å². The number of carbonyl (C=O) groups excluding carboxylic acids is 1. The van der Waals surface area contributed by atoms with E-state index in [-0.39, 0.29) is 54.5 Å². The first kappa shape index (κ1) is 21.8. The molecule has 0 bridgehead atoms. The van der Waals surface area contributed by atoms with Gasteiger partial charge in [-0.05, 0) is 23.8 Å². The highest BCUT2D eigenvalue weighted by Gasteiger charge is 2.32. The van der Waals surface area contributed by atoms with E-state index >= 15 is 0 Å². The normalized spacial score (nSPS) is 15.6. The fourth-order valence-electron chi connectivity index (χ4n) is 3.24. The third-order valence-electron chi connectivity index (χ3n) is 4.83. The van der Waals surface area contributed by atoms with E-state index in [1.165, 1.54) is 39.5 Å². The number of sulfonamides is 1. The molecule has 0 aromatic heterocycles. The molecule has 1 fully saturated rings. The van der Waals surface area contributed by atoms with Gasteiger partial charge >= 0.3 is 6.18 Å². The summed E-state index contributed by atoms with van der Waals surface area (Å²) in [5.41, 5.74) is -0.534. The van der Waals surface area contributed by atoms with Crippen LogP contribution in [-0.2, 0) is 27.4 Å². The van der Waals surface area contributed by atoms with Crippen LogP contribution in [0.3, 0.4) is 0 Å². The second-order valence-electron chi connectivity index (χ2n) is 6.77. The van der Waals surface area contributed by atoms with Crippen molar-refractivity contribution < 1.29 is 26.4 Å². The minimum atomic E-state index is -4.49. The number of carbonyl (C=O) groups is 1. The largest absolute Gasteiger partial charge is 0.416 e. The summed E-state index contributed by atoms with van der Waals surface area (Å²) >= 11 is 0. The molecule has 0 saturated carbocycles. The Bertz CT molecular complexity index is 1090. The van der Waals surface area contributed by atoms with Crippen molar-refractivity contribution in [3.63, 3.8) is 0 Å². The number of nitrogens with zero attached hydrogens (tertiary/aromatic N) is 3. The highest BCUT2D eigenvalue weighted by Crippen LogP contribution is 2.29. The summed E-state index contributed by atoms with van der Waals surface area (Å²) in [7, 11) is -3.89. The molecule has 6 nitrogen and oxygen atoms in total. The molecule has 0 radical (unpaired) electrons. The number of halogens is 3. The summed E-state index contributed by atoms with van der Waals surface area (Å²) < 4.78 is 65.4. The highest BCUT2D eigenvalue weighted by atomic mass is 32.2. The molecule has 1 aliphatic heterocycles. The first-order valence-electron chi connectivity index (χ1n) is 9.06. The zero-order chi connectivity index (χ0) is 21.9. The second kappa shape index (κ2) is 8.45. The van der Waals surface area contributed by atoms with Crippen LogP contribution in [0.15, 0.2) is 53.4 Å². The molecule has 1 aliphatic rings. The van der Waals surface area contributed by atoms with Gasteiger partial charge in [-0.1, -0.05) is 30.3 Å². The Kier molecular flexibility index (Phi) is 6.14. The smallest absolute Gasteiger partial charge is 0.340 e. The highest BCUT2D eigenvalue weighted by molar-refractivity contribution is 7.89. The van der Waals surface area contributed by atoms with Crippen molar-refractivity contribution in [2.24, 2.45) is 0 Å². The van der Waals surface area contributed by atoms with E-state index in [1.54, 1.807) is 6.07 Å². The minimum Gasteiger partial charge on any atom is -0.340 e. The number of piperazine rings is 1. The summed E-state index contributed by atoms with van der Waals surface area (Å²) in [5, 5.41) is 9.15. The van der Waals surface area contributed by atoms with E-state index in [0.29, 0.717) is 0 Å². The van der Waals surface area contributed by atoms with Crippen LogP contribution in [0, 0.1) is 11.3 Å². The number of rotatable bonds is 4. The summed E-state index contributed by atoms with van der Waals surface area (Å²) in [5.74, 6) is -0.371. The van der Waals surface area contributed by atoms with Gasteiger partial charge in [0.2, 0.25) is 15.9 Å². The molecule has 158 valence electrons. The van der Waals surface area contributed by atoms with Crippen LogP contribution in [0.1, 0.15) is 16.7 Å². The quantitative estimate of drug-likeness (QED) is 0.737. The molecule has 30 heavy (non-hydrogen) atoms. The number of nitriles is 1. The summed E-state index contributed by atoms with van der Waals surface area (Å²) in [6.45, 7) is 0.310. The van der Waals surface area contributed by atoms with Gasteiger partial charge in [0.1, 0.15) is 6.07 Å². The van der Waals surface area contributed by atoms with E-state index in [2.05, 4.69) is 0 Å². The molecule has 0 spiro atoms. The molecule has 0 atom stereocenters. The minimum absolute atomic E-state index is 0.0381. The zero-order valence-corrected chi connectivity index (χ0v) is 16.6. The molecule has 1 amide bonds. The van der Waals surface area contributed by atoms with Gasteiger partial charge in [0.15, 0.2) is 0 Å². The van der Waals surface area contributed by atoms with Gasteiger partial charge in [-0.3, -0.25) is 4.79 Å². The maximum Gasteiger partial charge on any atom is 0.416 e. The van der Waals surface area contributed by atoms with Crippen molar-refractivity contribution in [1.82, 2.24) is 9.21 Å². The molecule has 0 N–H and O–H groups in total. The van der Waals surface area contributed by atoms with E-state index in [9.17, 15) is 26.4 Å². The lowest BCUT2D eigenvalue weighted by Crippen LogP contribution is -2.50. The third kappa shape index (κ3) is 4.63. The molecule has 1 heterocycles. The summed E-state index contributed by atoms with van der Waals surface area (Å²) in [6, 6.07) is 12.3. The fourth-order valence-corrected chi connectivity index (χ4v) is 4.81. The van der Waals surface area contributed by atoms with E-state index in [0.717, 1.165) is 12.1 Å². The van der Waals surface area contributed by atoms with Crippen LogP contribution in [0.4, 0.5) is 13.2 Å². The van der Waals surface area contributed by atoms with Crippen molar-refractivity contribution >= 4 is 15.9 Å². The van der Waals surface area contributed by atoms with Crippen LogP contribution in [0.2, 0.25) is 0 Å². The van der Waals surface area contributed by atoms with Gasteiger partial charge in [-0.2, -0.15) is 22.7 Å². The molecule has 2 aromatic rings. The van der Waals surface area contributed by atoms with Crippen LogP contribution >= 0.6 is 0 Å². The van der Waals surface area contributed by atoms with Crippen LogP contribution in [0.25, 0.3) is 0 Å². The number of hydrogen-bond acceptors (Lipinski definition) is 4. The lowest BCUT2D eigenvalue weighted by atomic mass is 10.1. The predicted octanol–water partition coefficient (Wildman–Crippen LogP) is 2.65. The van der Waals surface area contributed by atoms with Gasteiger partial charge in [0.25, 0.3) is 0 Å². The number of hydrogen-bond donors (Lipinski definition) is 0. The Morgan fingerprint density at radius 3 is 2.33 bits per heavy atom. The van der Waals surface area contributed by atoms with Gasteiger partial charge in [0.05, 0.1) is 22.4 Å². The first-order chi connectivity index (χ1) is 14.1. The molecule has 3 rings (SSSR count). The second-order valence-corrected chi connectivity index (χ2v) is 8.67. The van der Waals surface area contributed by atoms with Crippen molar-refractivity contribution in [3.05, 3.63) is 65.2 Å². The molecule has 1 saturated heterocycles. The summed E-state index contributed by atoms with van der Waals surface area (Å²) in [6.07, 6.45) is -4.69. The molecule has 10 heteroatoms. The van der Waals surface area contributed by atoms with Gasteiger partial charge in [-0.15, -0.1) is 0 Å². The van der Waals surface area contributed by atoms with E-state index < -0.39 is 21.8 Å². The Morgan fingerprint density at radius 1 is 1.03 bits per heavy atom. The average molecular weight is 437 g/mol. The van der Waals surface area contributed by atoms with Gasteiger partial charge in [-0.25, -0.2) is 8.42 Å². The lowest BCUT2D eigenvalue weighted by Gasteiger charge is -2.34. The Hall–Kier alpha value is -2.90. The summed E-state index contributed by atoms with van der Waals surface area (Å²) in [4.78, 5) is 13.8.